The van der Waals surface area contributed by atoms with Gasteiger partial charge in [-0.2, -0.15) is 0 Å². The van der Waals surface area contributed by atoms with Gasteiger partial charge in [0.05, 0.1) is 25.9 Å². The molecule has 0 aromatic rings. The third kappa shape index (κ3) is 4.55. The zero-order valence-electron chi connectivity index (χ0n) is 11.8. The fourth-order valence-corrected chi connectivity index (χ4v) is 2.02. The van der Waals surface area contributed by atoms with Crippen molar-refractivity contribution in [2.45, 2.75) is 51.8 Å². The molecule has 0 aromatic heterocycles. The van der Waals surface area contributed by atoms with Crippen molar-refractivity contribution in [2.75, 3.05) is 26.4 Å². The van der Waals surface area contributed by atoms with Gasteiger partial charge in [0.15, 0.2) is 0 Å². The van der Waals surface area contributed by atoms with E-state index >= 15 is 0 Å². The largest absolute Gasteiger partial charge is 0.465 e. The van der Waals surface area contributed by atoms with Crippen molar-refractivity contribution < 1.29 is 19.0 Å². The van der Waals surface area contributed by atoms with Crippen molar-refractivity contribution >= 4 is 5.97 Å². The minimum absolute atomic E-state index is 0.0905. The summed E-state index contributed by atoms with van der Waals surface area (Å²) in [6.07, 6.45) is 0.980. The predicted octanol–water partition coefficient (Wildman–Crippen LogP) is 1.11. The molecular weight excluding hydrogens is 234 g/mol. The minimum Gasteiger partial charge on any atom is -0.465 e. The molecule has 0 bridgehead atoms. The Kier molecular flexibility index (Phi) is 6.05. The number of carbonyl (C=O) groups is 1. The molecule has 0 amide bonds. The standard InChI is InChI=1S/C13H25NO4/c1-5-17-12(15)13(4,14-10(2)3)9-18-11-6-7-16-8-11/h10-11,14H,5-9H2,1-4H3. The van der Waals surface area contributed by atoms with E-state index in [4.69, 9.17) is 14.2 Å². The van der Waals surface area contributed by atoms with Crippen molar-refractivity contribution in [3.8, 4) is 0 Å². The van der Waals surface area contributed by atoms with E-state index in [2.05, 4.69) is 5.32 Å². The van der Waals surface area contributed by atoms with E-state index in [9.17, 15) is 4.79 Å². The lowest BCUT2D eigenvalue weighted by Crippen LogP contribution is -2.56. The van der Waals surface area contributed by atoms with E-state index in [0.29, 0.717) is 19.8 Å². The van der Waals surface area contributed by atoms with Crippen LogP contribution in [0.15, 0.2) is 0 Å². The summed E-state index contributed by atoms with van der Waals surface area (Å²) in [5.74, 6) is -0.266. The van der Waals surface area contributed by atoms with Gasteiger partial charge < -0.3 is 14.2 Å². The maximum absolute atomic E-state index is 12.0. The molecule has 1 fully saturated rings. The highest BCUT2D eigenvalue weighted by Crippen LogP contribution is 2.14. The van der Waals surface area contributed by atoms with Crippen LogP contribution in [0.3, 0.4) is 0 Å². The maximum Gasteiger partial charge on any atom is 0.328 e. The Balaban J connectivity index is 2.54. The lowest BCUT2D eigenvalue weighted by molar-refractivity contribution is -0.154. The number of rotatable bonds is 7. The third-order valence-corrected chi connectivity index (χ3v) is 2.83. The molecule has 1 aliphatic heterocycles. The lowest BCUT2D eigenvalue weighted by Gasteiger charge is -2.31. The molecule has 1 aliphatic rings. The van der Waals surface area contributed by atoms with Crippen LogP contribution >= 0.6 is 0 Å². The van der Waals surface area contributed by atoms with Crippen LogP contribution in [0, 0.1) is 0 Å². The van der Waals surface area contributed by atoms with Crippen molar-refractivity contribution in [2.24, 2.45) is 0 Å². The van der Waals surface area contributed by atoms with E-state index in [1.807, 2.05) is 20.8 Å². The molecule has 5 heteroatoms. The third-order valence-electron chi connectivity index (χ3n) is 2.83. The van der Waals surface area contributed by atoms with Gasteiger partial charge in [-0.05, 0) is 34.1 Å². The SMILES string of the molecule is CCOC(=O)C(C)(COC1CCOC1)NC(C)C. The zero-order chi connectivity index (χ0) is 13.6. The summed E-state index contributed by atoms with van der Waals surface area (Å²) in [6, 6.07) is 0.183. The lowest BCUT2D eigenvalue weighted by atomic mass is 10.0. The molecule has 18 heavy (non-hydrogen) atoms. The minimum atomic E-state index is -0.799. The van der Waals surface area contributed by atoms with Crippen LogP contribution in [0.2, 0.25) is 0 Å². The first-order valence-corrected chi connectivity index (χ1v) is 6.62. The van der Waals surface area contributed by atoms with Gasteiger partial charge in [0.1, 0.15) is 5.54 Å². The van der Waals surface area contributed by atoms with Crippen LogP contribution in [-0.4, -0.2) is 50.1 Å². The van der Waals surface area contributed by atoms with Crippen LogP contribution in [0.5, 0.6) is 0 Å². The Morgan fingerprint density at radius 3 is 2.78 bits per heavy atom. The van der Waals surface area contributed by atoms with Crippen molar-refractivity contribution in [1.82, 2.24) is 5.32 Å². The number of hydrogen-bond acceptors (Lipinski definition) is 5. The first-order valence-electron chi connectivity index (χ1n) is 6.62. The van der Waals surface area contributed by atoms with E-state index in [-0.39, 0.29) is 18.1 Å². The molecule has 0 radical (unpaired) electrons. The Bertz CT molecular complexity index is 264. The summed E-state index contributed by atoms with van der Waals surface area (Å²) >= 11 is 0. The van der Waals surface area contributed by atoms with Gasteiger partial charge in [0.2, 0.25) is 0 Å². The molecule has 0 aromatic carbocycles. The molecule has 1 saturated heterocycles. The number of hydrogen-bond donors (Lipinski definition) is 1. The number of carbonyl (C=O) groups excluding carboxylic acids is 1. The molecule has 1 heterocycles. The summed E-state index contributed by atoms with van der Waals surface area (Å²) in [5, 5.41) is 3.22. The highest BCUT2D eigenvalue weighted by Gasteiger charge is 2.36. The molecule has 2 unspecified atom stereocenters. The summed E-state index contributed by atoms with van der Waals surface area (Å²) in [5.41, 5.74) is -0.799. The summed E-state index contributed by atoms with van der Waals surface area (Å²) in [6.45, 7) is 9.64. The normalized spacial score (nSPS) is 23.1. The Morgan fingerprint density at radius 2 is 2.28 bits per heavy atom. The smallest absolute Gasteiger partial charge is 0.328 e. The van der Waals surface area contributed by atoms with Gasteiger partial charge in [-0.25, -0.2) is 4.79 Å². The van der Waals surface area contributed by atoms with E-state index < -0.39 is 5.54 Å². The van der Waals surface area contributed by atoms with Crippen molar-refractivity contribution in [3.05, 3.63) is 0 Å². The fraction of sp³-hybridized carbons (Fsp3) is 0.923. The van der Waals surface area contributed by atoms with Crippen LogP contribution in [0.4, 0.5) is 0 Å². The summed E-state index contributed by atoms with van der Waals surface area (Å²) < 4.78 is 16.1. The monoisotopic (exact) mass is 259 g/mol. The molecule has 106 valence electrons. The van der Waals surface area contributed by atoms with Gasteiger partial charge in [-0.3, -0.25) is 5.32 Å². The quantitative estimate of drug-likeness (QED) is 0.694. The van der Waals surface area contributed by atoms with Crippen LogP contribution in [-0.2, 0) is 19.0 Å². The number of nitrogens with one attached hydrogen (secondary N) is 1. The average Bonchev–Trinajstić information content (AvgIpc) is 2.78. The second-order valence-electron chi connectivity index (χ2n) is 5.15. The molecule has 1 rings (SSSR count). The molecular formula is C13H25NO4. The van der Waals surface area contributed by atoms with Crippen LogP contribution in [0.25, 0.3) is 0 Å². The molecule has 0 spiro atoms. The van der Waals surface area contributed by atoms with Gasteiger partial charge in [-0.15, -0.1) is 0 Å². The molecule has 0 aliphatic carbocycles. The van der Waals surface area contributed by atoms with E-state index in [0.717, 1.165) is 13.0 Å². The van der Waals surface area contributed by atoms with Crippen LogP contribution in [0.1, 0.15) is 34.1 Å². The second-order valence-corrected chi connectivity index (χ2v) is 5.15. The average molecular weight is 259 g/mol. The van der Waals surface area contributed by atoms with Gasteiger partial charge in [-0.1, -0.05) is 0 Å². The summed E-state index contributed by atoms with van der Waals surface area (Å²) in [7, 11) is 0. The second kappa shape index (κ2) is 7.07. The highest BCUT2D eigenvalue weighted by molar-refractivity contribution is 5.80. The van der Waals surface area contributed by atoms with E-state index in [1.165, 1.54) is 0 Å². The van der Waals surface area contributed by atoms with Gasteiger partial charge >= 0.3 is 5.97 Å². The number of esters is 1. The maximum atomic E-state index is 12.0. The Labute approximate surface area is 109 Å². The molecule has 1 N–H and O–H groups in total. The Hall–Kier alpha value is -0.650. The summed E-state index contributed by atoms with van der Waals surface area (Å²) in [4.78, 5) is 12.0. The van der Waals surface area contributed by atoms with Gasteiger partial charge in [0, 0.05) is 12.6 Å². The highest BCUT2D eigenvalue weighted by atomic mass is 16.6. The molecule has 0 saturated carbocycles. The zero-order valence-corrected chi connectivity index (χ0v) is 11.8. The first kappa shape index (κ1) is 15.4. The van der Waals surface area contributed by atoms with E-state index in [1.54, 1.807) is 6.92 Å². The van der Waals surface area contributed by atoms with Crippen molar-refractivity contribution in [3.63, 3.8) is 0 Å². The van der Waals surface area contributed by atoms with Gasteiger partial charge in [0.25, 0.3) is 0 Å². The predicted molar refractivity (Wildman–Crippen MR) is 68.5 cm³/mol. The Morgan fingerprint density at radius 1 is 1.56 bits per heavy atom. The molecule has 2 atom stereocenters. The van der Waals surface area contributed by atoms with Crippen molar-refractivity contribution in [1.29, 1.82) is 0 Å². The topological polar surface area (TPSA) is 56.8 Å². The fourth-order valence-electron chi connectivity index (χ4n) is 2.02. The van der Waals surface area contributed by atoms with Crippen LogP contribution < -0.4 is 5.32 Å². The first-order chi connectivity index (χ1) is 8.48. The molecule has 5 nitrogen and oxygen atoms in total. The number of ether oxygens (including phenoxy) is 3.